The number of nitrogens with one attached hydrogen (secondary N) is 1. The molecule has 0 aliphatic heterocycles. The summed E-state index contributed by atoms with van der Waals surface area (Å²) < 4.78 is 31.7. The smallest absolute Gasteiger partial charge is 0.475 e. The van der Waals surface area contributed by atoms with Crippen molar-refractivity contribution in [3.63, 3.8) is 0 Å². The molecular weight excluding hydrogens is 451 g/mol. The summed E-state index contributed by atoms with van der Waals surface area (Å²) in [6.45, 7) is 1.64. The number of carbonyl (C=O) groups is 3. The zero-order valence-corrected chi connectivity index (χ0v) is 18.8. The maximum Gasteiger partial charge on any atom is 0.490 e. The number of alkyl halides is 3. The van der Waals surface area contributed by atoms with Crippen molar-refractivity contribution in [2.75, 3.05) is 11.9 Å². The van der Waals surface area contributed by atoms with Crippen molar-refractivity contribution in [1.29, 1.82) is 0 Å². The predicted molar refractivity (Wildman–Crippen MR) is 123 cm³/mol. The molecule has 2 aromatic rings. The molecule has 7 nitrogen and oxygen atoms in total. The number of aryl methyl sites for hydroxylation is 1. The van der Waals surface area contributed by atoms with Gasteiger partial charge in [0.2, 0.25) is 11.8 Å². The van der Waals surface area contributed by atoms with E-state index in [-0.39, 0.29) is 17.9 Å². The van der Waals surface area contributed by atoms with E-state index in [9.17, 15) is 22.8 Å². The lowest BCUT2D eigenvalue weighted by Gasteiger charge is -2.18. The molecule has 0 aromatic heterocycles. The number of rotatable bonds is 8. The Morgan fingerprint density at radius 1 is 1.06 bits per heavy atom. The molecule has 0 unspecified atom stereocenters. The molecule has 0 saturated carbocycles. The number of aliphatic carboxylic acids is 1. The fourth-order valence-electron chi connectivity index (χ4n) is 2.59. The number of halogens is 3. The Kier molecular flexibility index (Phi) is 11.5. The molecule has 2 amide bonds. The Morgan fingerprint density at radius 3 is 2.03 bits per heavy atom. The maximum atomic E-state index is 12.4. The molecule has 0 spiro atoms. The molecule has 4 N–H and O–H groups in total. The second-order valence-electron chi connectivity index (χ2n) is 7.32. The summed E-state index contributed by atoms with van der Waals surface area (Å²) in [4.78, 5) is 34.9. The standard InChI is InChI=1S/C22H27N3O2.C2HF3O2/c1-17(23)22(27)24-19(14-13-18-9-5-3-6-10-18)15-16-21(26)25(2)20-11-7-4-8-12-20;3-2(4,5)1(6)7/h3-12,15-17,19H,13-14,23H2,1-2H3,(H,24,27);(H,6,7)/b16-15+;/t17-,19-;/m0./s1. The number of amides is 2. The van der Waals surface area contributed by atoms with Crippen LogP contribution in [0, 0.1) is 0 Å². The number of hydrogen-bond acceptors (Lipinski definition) is 4. The fraction of sp³-hybridized carbons (Fsp3) is 0.292. The van der Waals surface area contributed by atoms with E-state index in [1.165, 1.54) is 11.6 Å². The Labute approximate surface area is 196 Å². The van der Waals surface area contributed by atoms with Gasteiger partial charge in [0.1, 0.15) is 0 Å². The third kappa shape index (κ3) is 10.8. The summed E-state index contributed by atoms with van der Waals surface area (Å²) in [7, 11) is 1.72. The van der Waals surface area contributed by atoms with Crippen LogP contribution >= 0.6 is 0 Å². The molecule has 0 bridgehead atoms. The molecule has 0 radical (unpaired) electrons. The van der Waals surface area contributed by atoms with Gasteiger partial charge < -0.3 is 21.1 Å². The maximum absolute atomic E-state index is 12.4. The van der Waals surface area contributed by atoms with Crippen LogP contribution in [0.15, 0.2) is 72.8 Å². The minimum absolute atomic E-state index is 0.152. The lowest BCUT2D eigenvalue weighted by molar-refractivity contribution is -0.192. The average molecular weight is 479 g/mol. The van der Waals surface area contributed by atoms with Crippen LogP contribution in [0.1, 0.15) is 18.9 Å². The van der Waals surface area contributed by atoms with Crippen LogP contribution in [-0.4, -0.2) is 48.2 Å². The van der Waals surface area contributed by atoms with Crippen molar-refractivity contribution >= 4 is 23.5 Å². The molecule has 0 saturated heterocycles. The zero-order chi connectivity index (χ0) is 25.7. The molecule has 0 heterocycles. The molecule has 0 fully saturated rings. The van der Waals surface area contributed by atoms with Gasteiger partial charge >= 0.3 is 12.1 Å². The number of anilines is 1. The van der Waals surface area contributed by atoms with Gasteiger partial charge in [-0.3, -0.25) is 9.59 Å². The number of carbonyl (C=O) groups excluding carboxylic acids is 2. The van der Waals surface area contributed by atoms with Gasteiger partial charge in [0, 0.05) is 24.9 Å². The van der Waals surface area contributed by atoms with Crippen LogP contribution in [0.5, 0.6) is 0 Å². The molecule has 184 valence electrons. The molecule has 10 heteroatoms. The molecule has 2 rings (SSSR count). The number of nitrogens with two attached hydrogens (primary N) is 1. The zero-order valence-electron chi connectivity index (χ0n) is 18.8. The van der Waals surface area contributed by atoms with Crippen LogP contribution in [-0.2, 0) is 20.8 Å². The van der Waals surface area contributed by atoms with Crippen LogP contribution in [0.3, 0.4) is 0 Å². The summed E-state index contributed by atoms with van der Waals surface area (Å²) in [6.07, 6.45) is -0.367. The number of para-hydroxylation sites is 1. The highest BCUT2D eigenvalue weighted by molar-refractivity contribution is 6.01. The molecule has 2 atom stereocenters. The third-order valence-electron chi connectivity index (χ3n) is 4.52. The predicted octanol–water partition coefficient (Wildman–Crippen LogP) is 3.30. The first-order valence-electron chi connectivity index (χ1n) is 10.3. The number of nitrogens with zero attached hydrogens (tertiary/aromatic N) is 1. The first-order chi connectivity index (χ1) is 15.9. The van der Waals surface area contributed by atoms with E-state index in [1.807, 2.05) is 60.7 Å². The largest absolute Gasteiger partial charge is 0.490 e. The van der Waals surface area contributed by atoms with Gasteiger partial charge in [-0.1, -0.05) is 54.6 Å². The highest BCUT2D eigenvalue weighted by Gasteiger charge is 2.38. The minimum Gasteiger partial charge on any atom is -0.475 e. The van der Waals surface area contributed by atoms with Crippen molar-refractivity contribution in [2.45, 2.75) is 38.0 Å². The Balaban J connectivity index is 0.000000718. The molecule has 34 heavy (non-hydrogen) atoms. The quantitative estimate of drug-likeness (QED) is 0.503. The van der Waals surface area contributed by atoms with Crippen LogP contribution in [0.25, 0.3) is 0 Å². The van der Waals surface area contributed by atoms with Crippen molar-refractivity contribution < 1.29 is 32.7 Å². The summed E-state index contributed by atoms with van der Waals surface area (Å²) in [5.41, 5.74) is 7.65. The number of carboxylic acids is 1. The van der Waals surface area contributed by atoms with Crippen molar-refractivity contribution in [1.82, 2.24) is 5.32 Å². The highest BCUT2D eigenvalue weighted by Crippen LogP contribution is 2.13. The lowest BCUT2D eigenvalue weighted by Crippen LogP contribution is -2.43. The molecule has 2 aromatic carbocycles. The van der Waals surface area contributed by atoms with Gasteiger partial charge in [0.05, 0.1) is 6.04 Å². The fourth-order valence-corrected chi connectivity index (χ4v) is 2.59. The van der Waals surface area contributed by atoms with Crippen LogP contribution in [0.2, 0.25) is 0 Å². The Hall–Kier alpha value is -3.66. The lowest BCUT2D eigenvalue weighted by atomic mass is 10.0. The van der Waals surface area contributed by atoms with E-state index >= 15 is 0 Å². The van der Waals surface area contributed by atoms with E-state index in [0.29, 0.717) is 6.42 Å². The average Bonchev–Trinajstić information content (AvgIpc) is 2.80. The van der Waals surface area contributed by atoms with E-state index in [2.05, 4.69) is 5.32 Å². The van der Waals surface area contributed by atoms with Crippen molar-refractivity contribution in [2.24, 2.45) is 5.73 Å². The monoisotopic (exact) mass is 479 g/mol. The minimum atomic E-state index is -5.08. The highest BCUT2D eigenvalue weighted by atomic mass is 19.4. The van der Waals surface area contributed by atoms with Gasteiger partial charge in [-0.05, 0) is 37.5 Å². The van der Waals surface area contributed by atoms with E-state index < -0.39 is 18.2 Å². The Morgan fingerprint density at radius 2 is 1.56 bits per heavy atom. The van der Waals surface area contributed by atoms with Crippen molar-refractivity contribution in [3.05, 3.63) is 78.4 Å². The van der Waals surface area contributed by atoms with Gasteiger partial charge in [-0.15, -0.1) is 0 Å². The third-order valence-corrected chi connectivity index (χ3v) is 4.52. The number of hydrogen-bond donors (Lipinski definition) is 3. The normalized spacial score (nSPS) is 12.8. The molecular formula is C24H28F3N3O4. The number of benzene rings is 2. The second-order valence-corrected chi connectivity index (χ2v) is 7.32. The van der Waals surface area contributed by atoms with Crippen molar-refractivity contribution in [3.8, 4) is 0 Å². The van der Waals surface area contributed by atoms with E-state index in [1.54, 1.807) is 24.9 Å². The second kappa shape index (κ2) is 13.8. The summed E-state index contributed by atoms with van der Waals surface area (Å²) >= 11 is 0. The van der Waals surface area contributed by atoms with Gasteiger partial charge in [0.25, 0.3) is 0 Å². The number of carboxylic acid groups (broad SMARTS) is 1. The van der Waals surface area contributed by atoms with Crippen LogP contribution in [0.4, 0.5) is 18.9 Å². The van der Waals surface area contributed by atoms with Gasteiger partial charge in [-0.2, -0.15) is 13.2 Å². The molecule has 0 aliphatic rings. The molecule has 0 aliphatic carbocycles. The number of likely N-dealkylation sites (N-methyl/N-ethyl adjacent to an activating group) is 1. The van der Waals surface area contributed by atoms with Crippen LogP contribution < -0.4 is 16.0 Å². The Bertz CT molecular complexity index is 949. The van der Waals surface area contributed by atoms with E-state index in [4.69, 9.17) is 15.6 Å². The van der Waals surface area contributed by atoms with Gasteiger partial charge in [0.15, 0.2) is 0 Å². The van der Waals surface area contributed by atoms with Gasteiger partial charge in [-0.25, -0.2) is 4.79 Å². The summed E-state index contributed by atoms with van der Waals surface area (Å²) in [5, 5.41) is 10.0. The van der Waals surface area contributed by atoms with E-state index in [0.717, 1.165) is 12.1 Å². The first kappa shape index (κ1) is 28.4. The first-order valence-corrected chi connectivity index (χ1v) is 10.3. The topological polar surface area (TPSA) is 113 Å². The summed E-state index contributed by atoms with van der Waals surface area (Å²) in [6, 6.07) is 18.6. The summed E-state index contributed by atoms with van der Waals surface area (Å²) in [5.74, 6) is -3.14. The SMILES string of the molecule is C[C@H](N)C(=O)N[C@H](/C=C/C(=O)N(C)c1ccccc1)CCc1ccccc1.O=C(O)C(F)(F)F.